The maximum absolute atomic E-state index is 5.71. The van der Waals surface area contributed by atoms with E-state index in [1.807, 2.05) is 18.4 Å². The van der Waals surface area contributed by atoms with Gasteiger partial charge in [0.1, 0.15) is 0 Å². The Morgan fingerprint density at radius 3 is 2.75 bits per heavy atom. The third-order valence-electron chi connectivity index (χ3n) is 5.80. The highest BCUT2D eigenvalue weighted by Crippen LogP contribution is 2.21. The minimum absolute atomic E-state index is 0.593. The summed E-state index contributed by atoms with van der Waals surface area (Å²) in [5.74, 6) is 2.39. The van der Waals surface area contributed by atoms with Crippen molar-refractivity contribution in [1.29, 1.82) is 0 Å². The lowest BCUT2D eigenvalue weighted by Gasteiger charge is -2.32. The van der Waals surface area contributed by atoms with E-state index in [0.717, 1.165) is 44.7 Å². The Balaban J connectivity index is 1.32. The first kappa shape index (κ1) is 21.6. The SMILES string of the molecule is CN=C(NCC1CCN(Cc2cccs2)CC1)N1CCC(COCCOC)C1. The number of piperidine rings is 1. The van der Waals surface area contributed by atoms with E-state index in [2.05, 4.69) is 37.6 Å². The molecule has 1 N–H and O–H groups in total. The van der Waals surface area contributed by atoms with Crippen molar-refractivity contribution in [2.24, 2.45) is 16.8 Å². The molecule has 7 heteroatoms. The Kier molecular flexibility index (Phi) is 9.05. The molecule has 0 saturated carbocycles. The molecule has 1 aromatic heterocycles. The molecule has 158 valence electrons. The van der Waals surface area contributed by atoms with Crippen LogP contribution in [0.1, 0.15) is 24.1 Å². The van der Waals surface area contributed by atoms with E-state index in [4.69, 9.17) is 9.47 Å². The first-order valence-electron chi connectivity index (χ1n) is 10.6. The van der Waals surface area contributed by atoms with Gasteiger partial charge in [-0.05, 0) is 49.7 Å². The number of likely N-dealkylation sites (tertiary alicyclic amines) is 2. The Bertz CT molecular complexity index is 573. The summed E-state index contributed by atoms with van der Waals surface area (Å²) in [4.78, 5) is 11.0. The topological polar surface area (TPSA) is 49.3 Å². The molecule has 2 saturated heterocycles. The highest BCUT2D eigenvalue weighted by molar-refractivity contribution is 7.09. The number of nitrogens with one attached hydrogen (secondary N) is 1. The van der Waals surface area contributed by atoms with Crippen molar-refractivity contribution in [3.05, 3.63) is 22.4 Å². The number of rotatable bonds is 9. The quantitative estimate of drug-likeness (QED) is 0.387. The van der Waals surface area contributed by atoms with Crippen LogP contribution in [0, 0.1) is 11.8 Å². The van der Waals surface area contributed by atoms with Crippen LogP contribution >= 0.6 is 11.3 Å². The molecule has 28 heavy (non-hydrogen) atoms. The van der Waals surface area contributed by atoms with Crippen molar-refractivity contribution in [3.8, 4) is 0 Å². The summed E-state index contributed by atoms with van der Waals surface area (Å²) in [6.07, 6.45) is 3.71. The Morgan fingerprint density at radius 1 is 1.21 bits per heavy atom. The number of nitrogens with zero attached hydrogens (tertiary/aromatic N) is 3. The summed E-state index contributed by atoms with van der Waals surface area (Å²) in [5.41, 5.74) is 0. The number of hydrogen-bond acceptors (Lipinski definition) is 5. The molecular weight excluding hydrogens is 372 g/mol. The lowest BCUT2D eigenvalue weighted by molar-refractivity contribution is 0.0536. The molecule has 0 aromatic carbocycles. The van der Waals surface area contributed by atoms with Crippen molar-refractivity contribution in [2.75, 3.05) is 66.7 Å². The maximum Gasteiger partial charge on any atom is 0.193 e. The van der Waals surface area contributed by atoms with Crippen LogP contribution in [0.4, 0.5) is 0 Å². The molecule has 1 aromatic rings. The average Bonchev–Trinajstić information content (AvgIpc) is 3.39. The average molecular weight is 409 g/mol. The molecule has 6 nitrogen and oxygen atoms in total. The fourth-order valence-electron chi connectivity index (χ4n) is 4.09. The Morgan fingerprint density at radius 2 is 2.04 bits per heavy atom. The lowest BCUT2D eigenvalue weighted by Crippen LogP contribution is -2.44. The normalized spacial score (nSPS) is 22.1. The van der Waals surface area contributed by atoms with Crippen LogP contribution in [0.15, 0.2) is 22.5 Å². The molecular formula is C21H36N4O2S. The van der Waals surface area contributed by atoms with E-state index in [-0.39, 0.29) is 0 Å². The third kappa shape index (κ3) is 6.72. The predicted octanol–water partition coefficient (Wildman–Crippen LogP) is 2.52. The van der Waals surface area contributed by atoms with Crippen LogP contribution in [0.25, 0.3) is 0 Å². The molecule has 2 aliphatic rings. The van der Waals surface area contributed by atoms with Gasteiger partial charge in [0.15, 0.2) is 5.96 Å². The van der Waals surface area contributed by atoms with Crippen molar-refractivity contribution in [3.63, 3.8) is 0 Å². The third-order valence-corrected chi connectivity index (χ3v) is 6.66. The van der Waals surface area contributed by atoms with E-state index in [0.29, 0.717) is 19.1 Å². The first-order chi connectivity index (χ1) is 13.8. The van der Waals surface area contributed by atoms with Crippen LogP contribution in [-0.2, 0) is 16.0 Å². The first-order valence-corrected chi connectivity index (χ1v) is 11.4. The molecule has 1 unspecified atom stereocenters. The fourth-order valence-corrected chi connectivity index (χ4v) is 4.84. The molecule has 0 aliphatic carbocycles. The van der Waals surface area contributed by atoms with Gasteiger partial charge in [-0.25, -0.2) is 0 Å². The van der Waals surface area contributed by atoms with Crippen LogP contribution in [-0.4, -0.2) is 82.5 Å². The zero-order valence-corrected chi connectivity index (χ0v) is 18.3. The van der Waals surface area contributed by atoms with E-state index in [1.165, 1.54) is 37.2 Å². The van der Waals surface area contributed by atoms with Crippen LogP contribution < -0.4 is 5.32 Å². The van der Waals surface area contributed by atoms with Gasteiger partial charge in [-0.15, -0.1) is 11.3 Å². The zero-order chi connectivity index (χ0) is 19.6. The van der Waals surface area contributed by atoms with E-state index < -0.39 is 0 Å². The number of hydrogen-bond donors (Lipinski definition) is 1. The van der Waals surface area contributed by atoms with Gasteiger partial charge in [-0.2, -0.15) is 0 Å². The minimum atomic E-state index is 0.593. The molecule has 3 rings (SSSR count). The second kappa shape index (κ2) is 11.8. The van der Waals surface area contributed by atoms with E-state index in [9.17, 15) is 0 Å². The van der Waals surface area contributed by atoms with Gasteiger partial charge in [-0.3, -0.25) is 9.89 Å². The molecule has 1 atom stereocenters. The second-order valence-electron chi connectivity index (χ2n) is 7.90. The summed E-state index contributed by atoms with van der Waals surface area (Å²) < 4.78 is 10.7. The number of ether oxygens (including phenoxy) is 2. The van der Waals surface area contributed by atoms with E-state index in [1.54, 1.807) is 7.11 Å². The van der Waals surface area contributed by atoms with Crippen LogP contribution in [0.2, 0.25) is 0 Å². The number of methoxy groups -OCH3 is 1. The van der Waals surface area contributed by atoms with Crippen molar-refractivity contribution < 1.29 is 9.47 Å². The largest absolute Gasteiger partial charge is 0.382 e. The summed E-state index contributed by atoms with van der Waals surface area (Å²) in [7, 11) is 3.61. The summed E-state index contributed by atoms with van der Waals surface area (Å²) in [6, 6.07) is 4.39. The molecule has 0 bridgehead atoms. The van der Waals surface area contributed by atoms with Gasteiger partial charge in [0.2, 0.25) is 0 Å². The monoisotopic (exact) mass is 408 g/mol. The molecule has 3 heterocycles. The highest BCUT2D eigenvalue weighted by Gasteiger charge is 2.26. The lowest BCUT2D eigenvalue weighted by atomic mass is 9.97. The molecule has 0 amide bonds. The molecule has 0 spiro atoms. The van der Waals surface area contributed by atoms with Crippen molar-refractivity contribution in [2.45, 2.75) is 25.8 Å². The van der Waals surface area contributed by atoms with Gasteiger partial charge in [-0.1, -0.05) is 6.07 Å². The van der Waals surface area contributed by atoms with Crippen molar-refractivity contribution in [1.82, 2.24) is 15.1 Å². The molecule has 2 aliphatic heterocycles. The van der Waals surface area contributed by atoms with Gasteiger partial charge in [0.25, 0.3) is 0 Å². The summed E-state index contributed by atoms with van der Waals surface area (Å²) in [6.45, 7) is 8.83. The van der Waals surface area contributed by atoms with Crippen LogP contribution in [0.3, 0.4) is 0 Å². The Labute approximate surface area is 173 Å². The second-order valence-corrected chi connectivity index (χ2v) is 8.93. The molecule has 2 fully saturated rings. The molecule has 0 radical (unpaired) electrons. The van der Waals surface area contributed by atoms with Gasteiger partial charge >= 0.3 is 0 Å². The van der Waals surface area contributed by atoms with Gasteiger partial charge in [0.05, 0.1) is 19.8 Å². The van der Waals surface area contributed by atoms with Crippen molar-refractivity contribution >= 4 is 17.3 Å². The van der Waals surface area contributed by atoms with E-state index >= 15 is 0 Å². The smallest absolute Gasteiger partial charge is 0.193 e. The summed E-state index contributed by atoms with van der Waals surface area (Å²) >= 11 is 1.87. The minimum Gasteiger partial charge on any atom is -0.382 e. The highest BCUT2D eigenvalue weighted by atomic mass is 32.1. The Hall–Kier alpha value is -1.15. The zero-order valence-electron chi connectivity index (χ0n) is 17.4. The number of thiophene rings is 1. The standard InChI is InChI=1S/C21H36N4O2S/c1-22-21(25-10-7-19(15-25)17-27-12-11-26-2)23-14-18-5-8-24(9-6-18)16-20-4-3-13-28-20/h3-4,13,18-19H,5-12,14-17H2,1-2H3,(H,22,23). The fraction of sp³-hybridized carbons (Fsp3) is 0.762. The van der Waals surface area contributed by atoms with Crippen LogP contribution in [0.5, 0.6) is 0 Å². The maximum atomic E-state index is 5.71. The predicted molar refractivity (Wildman–Crippen MR) is 116 cm³/mol. The number of guanidine groups is 1. The number of aliphatic imine (C=N–C) groups is 1. The van der Waals surface area contributed by atoms with Gasteiger partial charge < -0.3 is 19.7 Å². The van der Waals surface area contributed by atoms with Gasteiger partial charge in [0, 0.05) is 51.1 Å². The summed E-state index contributed by atoms with van der Waals surface area (Å²) in [5, 5.41) is 5.81.